The predicted molar refractivity (Wildman–Crippen MR) is 118 cm³/mol. The first-order chi connectivity index (χ1) is 11.9. The van der Waals surface area contributed by atoms with E-state index in [1.165, 1.54) is 6.92 Å². The van der Waals surface area contributed by atoms with Crippen LogP contribution < -0.4 is 0 Å². The smallest absolute Gasteiger partial charge is 0.303 e. The summed E-state index contributed by atoms with van der Waals surface area (Å²) in [5.41, 5.74) is 0.912. The van der Waals surface area contributed by atoms with E-state index in [9.17, 15) is 9.59 Å². The van der Waals surface area contributed by atoms with Crippen LogP contribution in [-0.4, -0.2) is 43.1 Å². The molecule has 1 rings (SSSR count). The summed E-state index contributed by atoms with van der Waals surface area (Å²) in [6, 6.07) is 0. The summed E-state index contributed by atoms with van der Waals surface area (Å²) in [4.78, 5) is 26.5. The van der Waals surface area contributed by atoms with Crippen molar-refractivity contribution in [3.8, 4) is 0 Å². The molecule has 0 aromatic rings. The van der Waals surface area contributed by atoms with Crippen molar-refractivity contribution in [2.24, 2.45) is 5.41 Å². The number of carbonyl (C=O) groups is 2. The molecular formula is C21H37NO3S2. The van der Waals surface area contributed by atoms with Crippen LogP contribution in [-0.2, 0) is 14.3 Å². The van der Waals surface area contributed by atoms with E-state index in [1.54, 1.807) is 30.4 Å². The molecule has 6 heteroatoms. The highest BCUT2D eigenvalue weighted by Crippen LogP contribution is 2.47. The van der Waals surface area contributed by atoms with E-state index in [0.717, 1.165) is 5.57 Å². The Morgan fingerprint density at radius 3 is 1.74 bits per heavy atom. The number of esters is 1. The fourth-order valence-corrected chi connectivity index (χ4v) is 5.90. The number of nitrogens with zero attached hydrogens (tertiary/aromatic N) is 1. The van der Waals surface area contributed by atoms with Crippen LogP contribution in [0.4, 0.5) is 0 Å². The lowest BCUT2D eigenvalue weighted by atomic mass is 9.81. The van der Waals surface area contributed by atoms with Crippen LogP contribution in [0, 0.1) is 5.41 Å². The Bertz CT molecular complexity index is 594. The van der Waals surface area contributed by atoms with Crippen LogP contribution in [0.3, 0.4) is 0 Å². The van der Waals surface area contributed by atoms with Crippen molar-refractivity contribution >= 4 is 35.4 Å². The summed E-state index contributed by atoms with van der Waals surface area (Å²) in [6.45, 7) is 22.3. The average molecular weight is 416 g/mol. The lowest BCUT2D eigenvalue weighted by molar-refractivity contribution is -0.149. The maximum Gasteiger partial charge on any atom is 0.303 e. The first-order valence-corrected chi connectivity index (χ1v) is 11.2. The first kappa shape index (κ1) is 24.4. The molecule has 0 fully saturated rings. The SMILES string of the molecule is CC(=O)O[C@@H]1C(C(C)(C)C)=C[C@@H](SC(C)(C)C)N(C(C)=O)[C@H]1SC(C)(C)C. The predicted octanol–water partition coefficient (Wildman–Crippen LogP) is 5.47. The molecule has 1 heterocycles. The summed E-state index contributed by atoms with van der Waals surface area (Å²) >= 11 is 3.45. The highest BCUT2D eigenvalue weighted by atomic mass is 32.2. The molecule has 1 aliphatic rings. The molecule has 1 amide bonds. The molecule has 156 valence electrons. The van der Waals surface area contributed by atoms with Crippen LogP contribution in [0.5, 0.6) is 0 Å². The van der Waals surface area contributed by atoms with E-state index in [0.29, 0.717) is 0 Å². The van der Waals surface area contributed by atoms with Gasteiger partial charge in [0.1, 0.15) is 5.37 Å². The summed E-state index contributed by atoms with van der Waals surface area (Å²) in [6.07, 6.45) is 1.69. The van der Waals surface area contributed by atoms with Gasteiger partial charge in [0.15, 0.2) is 6.10 Å². The Labute approximate surface area is 174 Å². The molecule has 3 atom stereocenters. The maximum absolute atomic E-state index is 12.7. The van der Waals surface area contributed by atoms with Gasteiger partial charge in [-0.15, -0.1) is 23.5 Å². The van der Waals surface area contributed by atoms with Gasteiger partial charge in [-0.25, -0.2) is 0 Å². The van der Waals surface area contributed by atoms with Crippen LogP contribution in [0.15, 0.2) is 11.6 Å². The zero-order valence-electron chi connectivity index (χ0n) is 18.8. The lowest BCUT2D eigenvalue weighted by Crippen LogP contribution is -2.56. The van der Waals surface area contributed by atoms with Gasteiger partial charge in [-0.05, 0) is 17.1 Å². The number of amides is 1. The Morgan fingerprint density at radius 1 is 0.926 bits per heavy atom. The van der Waals surface area contributed by atoms with E-state index in [-0.39, 0.29) is 37.5 Å². The van der Waals surface area contributed by atoms with Gasteiger partial charge in [-0.2, -0.15) is 0 Å². The largest absolute Gasteiger partial charge is 0.455 e. The van der Waals surface area contributed by atoms with E-state index in [1.807, 2.05) is 4.90 Å². The number of hydrogen-bond donors (Lipinski definition) is 0. The minimum atomic E-state index is -0.451. The fraction of sp³-hybridized carbons (Fsp3) is 0.810. The molecule has 0 saturated carbocycles. The second-order valence-corrected chi connectivity index (χ2v) is 14.0. The topological polar surface area (TPSA) is 46.6 Å². The van der Waals surface area contributed by atoms with Crippen molar-refractivity contribution in [3.63, 3.8) is 0 Å². The molecule has 27 heavy (non-hydrogen) atoms. The van der Waals surface area contributed by atoms with Gasteiger partial charge in [-0.3, -0.25) is 9.59 Å². The number of ether oxygens (including phenoxy) is 1. The van der Waals surface area contributed by atoms with Crippen molar-refractivity contribution in [2.45, 2.75) is 103 Å². The minimum Gasteiger partial charge on any atom is -0.455 e. The van der Waals surface area contributed by atoms with Gasteiger partial charge < -0.3 is 9.64 Å². The Kier molecular flexibility index (Phi) is 7.60. The molecule has 0 aliphatic carbocycles. The summed E-state index contributed by atoms with van der Waals surface area (Å²) < 4.78 is 5.72. The standard InChI is InChI=1S/C21H37NO3S2/c1-13(23)22-16(26-20(6,7)8)12-15(19(3,4)5)17(25-14(2)24)18(22)27-21(9,10)11/h12,16-18H,1-11H3/t16-,17-,18+/m1/s1. The molecule has 0 N–H and O–H groups in total. The highest BCUT2D eigenvalue weighted by molar-refractivity contribution is 8.02. The minimum absolute atomic E-state index is 0.000128. The summed E-state index contributed by atoms with van der Waals surface area (Å²) in [5, 5.41) is -0.353. The van der Waals surface area contributed by atoms with Crippen molar-refractivity contribution in [1.82, 2.24) is 4.90 Å². The molecule has 4 nitrogen and oxygen atoms in total. The third-order valence-corrected chi connectivity index (χ3v) is 6.64. The van der Waals surface area contributed by atoms with Gasteiger partial charge in [0, 0.05) is 23.3 Å². The van der Waals surface area contributed by atoms with Crippen LogP contribution in [0.2, 0.25) is 0 Å². The van der Waals surface area contributed by atoms with Crippen LogP contribution >= 0.6 is 23.5 Å². The number of carbonyl (C=O) groups excluding carboxylic acids is 2. The van der Waals surface area contributed by atoms with Gasteiger partial charge in [0.2, 0.25) is 5.91 Å². The van der Waals surface area contributed by atoms with Crippen molar-refractivity contribution < 1.29 is 14.3 Å². The van der Waals surface area contributed by atoms with E-state index in [4.69, 9.17) is 4.74 Å². The van der Waals surface area contributed by atoms with Crippen molar-refractivity contribution in [1.29, 1.82) is 0 Å². The Morgan fingerprint density at radius 2 is 1.41 bits per heavy atom. The molecule has 0 bridgehead atoms. The zero-order chi connectivity index (χ0) is 21.4. The summed E-state index contributed by atoms with van der Waals surface area (Å²) in [7, 11) is 0. The van der Waals surface area contributed by atoms with Crippen molar-refractivity contribution in [3.05, 3.63) is 11.6 Å². The monoisotopic (exact) mass is 415 g/mol. The van der Waals surface area contributed by atoms with Crippen LogP contribution in [0.25, 0.3) is 0 Å². The zero-order valence-corrected chi connectivity index (χ0v) is 20.4. The lowest BCUT2D eigenvalue weighted by Gasteiger charge is -2.49. The molecular weight excluding hydrogens is 378 g/mol. The molecule has 0 saturated heterocycles. The second-order valence-electron chi connectivity index (χ2n) is 10.1. The van der Waals surface area contributed by atoms with Gasteiger partial charge in [-0.1, -0.05) is 62.3 Å². The fourth-order valence-electron chi connectivity index (χ4n) is 3.04. The molecule has 1 aliphatic heterocycles. The number of rotatable bonds is 3. The molecule has 0 unspecified atom stereocenters. The van der Waals surface area contributed by atoms with Crippen LogP contribution in [0.1, 0.15) is 76.2 Å². The van der Waals surface area contributed by atoms with Crippen molar-refractivity contribution in [2.75, 3.05) is 0 Å². The molecule has 0 aromatic carbocycles. The maximum atomic E-state index is 12.7. The third kappa shape index (κ3) is 7.37. The highest BCUT2D eigenvalue weighted by Gasteiger charge is 2.47. The van der Waals surface area contributed by atoms with E-state index >= 15 is 0 Å². The van der Waals surface area contributed by atoms with E-state index < -0.39 is 6.10 Å². The van der Waals surface area contributed by atoms with Gasteiger partial charge in [0.25, 0.3) is 0 Å². The first-order valence-electron chi connectivity index (χ1n) is 9.46. The average Bonchev–Trinajstić information content (AvgIpc) is 2.35. The van der Waals surface area contributed by atoms with Gasteiger partial charge in [0.05, 0.1) is 5.37 Å². The Balaban J connectivity index is 3.61. The quantitative estimate of drug-likeness (QED) is 0.452. The number of hydrogen-bond acceptors (Lipinski definition) is 5. The second kappa shape index (κ2) is 8.40. The van der Waals surface area contributed by atoms with E-state index in [2.05, 4.69) is 68.4 Å². The summed E-state index contributed by atoms with van der Waals surface area (Å²) in [5.74, 6) is -0.319. The normalized spacial score (nSPS) is 24.5. The Hall–Kier alpha value is -0.620. The molecule has 0 radical (unpaired) electrons. The van der Waals surface area contributed by atoms with Gasteiger partial charge >= 0.3 is 5.97 Å². The number of thioether (sulfide) groups is 2. The molecule has 0 spiro atoms. The molecule has 0 aromatic heterocycles. The third-order valence-electron chi connectivity index (χ3n) is 3.91.